The Hall–Kier alpha value is 0.270. The molecule has 1 saturated heterocycles. The van der Waals surface area contributed by atoms with Gasteiger partial charge in [-0.05, 0) is 12.3 Å². The Kier molecular flexibility index (Phi) is 5.04. The molecule has 3 heteroatoms. The highest BCUT2D eigenvalue weighted by Crippen LogP contribution is 2.06. The van der Waals surface area contributed by atoms with Gasteiger partial charge in [0.2, 0.25) is 0 Å². The zero-order valence-electron chi connectivity index (χ0n) is 8.18. The second kappa shape index (κ2) is 5.84. The summed E-state index contributed by atoms with van der Waals surface area (Å²) in [4.78, 5) is 2.58. The molecule has 0 saturated carbocycles. The van der Waals surface area contributed by atoms with Crippen molar-refractivity contribution < 1.29 is 0 Å². The average molecular weight is 188 g/mol. The van der Waals surface area contributed by atoms with Gasteiger partial charge in [0.1, 0.15) is 0 Å². The van der Waals surface area contributed by atoms with Crippen LogP contribution in [0.2, 0.25) is 0 Å². The van der Waals surface area contributed by atoms with E-state index < -0.39 is 0 Å². The summed E-state index contributed by atoms with van der Waals surface area (Å²) < 4.78 is 0. The van der Waals surface area contributed by atoms with Gasteiger partial charge in [-0.1, -0.05) is 13.8 Å². The molecule has 72 valence electrons. The van der Waals surface area contributed by atoms with Crippen LogP contribution in [0.1, 0.15) is 13.8 Å². The maximum absolute atomic E-state index is 3.32. The smallest absolute Gasteiger partial charge is 0.0345 e. The lowest BCUT2D eigenvalue weighted by Gasteiger charge is -2.37. The second-order valence-corrected chi connectivity index (χ2v) is 4.53. The Bertz CT molecular complexity index is 115. The minimum atomic E-state index is 0.826. The summed E-state index contributed by atoms with van der Waals surface area (Å²) in [5.41, 5.74) is 0. The van der Waals surface area contributed by atoms with Crippen LogP contribution < -0.4 is 5.32 Å². The van der Waals surface area contributed by atoms with Crippen molar-refractivity contribution in [3.63, 3.8) is 0 Å². The fourth-order valence-electron chi connectivity index (χ4n) is 1.46. The topological polar surface area (TPSA) is 15.3 Å². The van der Waals surface area contributed by atoms with Gasteiger partial charge in [-0.3, -0.25) is 4.90 Å². The van der Waals surface area contributed by atoms with Crippen LogP contribution in [-0.2, 0) is 0 Å². The molecule has 0 unspecified atom stereocenters. The summed E-state index contributed by atoms with van der Waals surface area (Å²) >= 11 is 2.04. The SMILES string of the molecule is CCSCCN(CC)C1CNC1. The maximum atomic E-state index is 3.32. The van der Waals surface area contributed by atoms with Gasteiger partial charge in [-0.15, -0.1) is 0 Å². The largest absolute Gasteiger partial charge is 0.314 e. The summed E-state index contributed by atoms with van der Waals surface area (Å²) in [5.74, 6) is 2.54. The summed E-state index contributed by atoms with van der Waals surface area (Å²) in [5, 5.41) is 3.32. The standard InChI is InChI=1S/C9H20N2S/c1-3-11(5-6-12-4-2)9-7-10-8-9/h9-10H,3-8H2,1-2H3. The summed E-state index contributed by atoms with van der Waals surface area (Å²) in [6.45, 7) is 9.36. The number of likely N-dealkylation sites (N-methyl/N-ethyl adjacent to an activating group) is 1. The summed E-state index contributed by atoms with van der Waals surface area (Å²) in [6.07, 6.45) is 0. The molecule has 0 atom stereocenters. The molecular weight excluding hydrogens is 168 g/mol. The van der Waals surface area contributed by atoms with Gasteiger partial charge >= 0.3 is 0 Å². The highest BCUT2D eigenvalue weighted by molar-refractivity contribution is 7.99. The lowest BCUT2D eigenvalue weighted by atomic mass is 10.1. The van der Waals surface area contributed by atoms with Crippen LogP contribution in [0.4, 0.5) is 0 Å². The molecule has 1 aliphatic heterocycles. The Morgan fingerprint density at radius 3 is 2.58 bits per heavy atom. The van der Waals surface area contributed by atoms with Crippen molar-refractivity contribution in [2.45, 2.75) is 19.9 Å². The molecule has 1 aliphatic rings. The summed E-state index contributed by atoms with van der Waals surface area (Å²) in [6, 6.07) is 0.826. The predicted octanol–water partition coefficient (Wildman–Crippen LogP) is 1.03. The third-order valence-electron chi connectivity index (χ3n) is 2.41. The van der Waals surface area contributed by atoms with Crippen LogP contribution in [0.15, 0.2) is 0 Å². The van der Waals surface area contributed by atoms with Gasteiger partial charge in [0, 0.05) is 31.4 Å². The van der Waals surface area contributed by atoms with Crippen LogP contribution in [0.3, 0.4) is 0 Å². The molecule has 0 aromatic heterocycles. The van der Waals surface area contributed by atoms with E-state index in [-0.39, 0.29) is 0 Å². The van der Waals surface area contributed by atoms with E-state index in [4.69, 9.17) is 0 Å². The average Bonchev–Trinajstić information content (AvgIpc) is 1.99. The lowest BCUT2D eigenvalue weighted by molar-refractivity contribution is 0.162. The molecule has 0 radical (unpaired) electrons. The van der Waals surface area contributed by atoms with Crippen LogP contribution in [0.5, 0.6) is 0 Å². The van der Waals surface area contributed by atoms with Crippen molar-refractivity contribution in [1.29, 1.82) is 0 Å². The van der Waals surface area contributed by atoms with E-state index in [1.165, 1.54) is 37.7 Å². The van der Waals surface area contributed by atoms with Crippen molar-refractivity contribution in [2.75, 3.05) is 37.7 Å². The first-order valence-corrected chi connectivity index (χ1v) is 6.06. The zero-order valence-corrected chi connectivity index (χ0v) is 8.99. The molecule has 0 aliphatic carbocycles. The molecule has 0 aromatic carbocycles. The van der Waals surface area contributed by atoms with E-state index in [9.17, 15) is 0 Å². The van der Waals surface area contributed by atoms with Crippen molar-refractivity contribution in [3.8, 4) is 0 Å². The van der Waals surface area contributed by atoms with Gasteiger partial charge in [-0.2, -0.15) is 11.8 Å². The molecule has 1 rings (SSSR count). The highest BCUT2D eigenvalue weighted by atomic mass is 32.2. The Morgan fingerprint density at radius 2 is 2.17 bits per heavy atom. The number of rotatable bonds is 6. The third kappa shape index (κ3) is 2.96. The van der Waals surface area contributed by atoms with Crippen molar-refractivity contribution in [2.24, 2.45) is 0 Å². The van der Waals surface area contributed by atoms with Gasteiger partial charge < -0.3 is 5.32 Å². The molecule has 0 aromatic rings. The normalized spacial score (nSPS) is 18.2. The van der Waals surface area contributed by atoms with Crippen LogP contribution in [0.25, 0.3) is 0 Å². The van der Waals surface area contributed by atoms with Crippen LogP contribution >= 0.6 is 11.8 Å². The van der Waals surface area contributed by atoms with E-state index in [1.54, 1.807) is 0 Å². The van der Waals surface area contributed by atoms with Crippen LogP contribution in [-0.4, -0.2) is 48.6 Å². The van der Waals surface area contributed by atoms with Crippen molar-refractivity contribution in [1.82, 2.24) is 10.2 Å². The fourth-order valence-corrected chi connectivity index (χ4v) is 2.11. The van der Waals surface area contributed by atoms with E-state index in [1.807, 2.05) is 11.8 Å². The number of hydrogen-bond donors (Lipinski definition) is 1. The molecule has 1 N–H and O–H groups in total. The van der Waals surface area contributed by atoms with Gasteiger partial charge in [0.05, 0.1) is 0 Å². The highest BCUT2D eigenvalue weighted by Gasteiger charge is 2.22. The predicted molar refractivity (Wildman–Crippen MR) is 56.9 cm³/mol. The Morgan fingerprint density at radius 1 is 1.42 bits per heavy atom. The van der Waals surface area contributed by atoms with Gasteiger partial charge in [0.15, 0.2) is 0 Å². The van der Waals surface area contributed by atoms with E-state index >= 15 is 0 Å². The molecule has 0 amide bonds. The third-order valence-corrected chi connectivity index (χ3v) is 3.29. The minimum absolute atomic E-state index is 0.826. The van der Waals surface area contributed by atoms with Crippen molar-refractivity contribution >= 4 is 11.8 Å². The zero-order chi connectivity index (χ0) is 8.81. The molecule has 2 nitrogen and oxygen atoms in total. The first kappa shape index (κ1) is 10.4. The first-order valence-electron chi connectivity index (χ1n) is 4.91. The Balaban J connectivity index is 2.07. The molecule has 0 bridgehead atoms. The number of thioether (sulfide) groups is 1. The van der Waals surface area contributed by atoms with Crippen molar-refractivity contribution in [3.05, 3.63) is 0 Å². The fraction of sp³-hybridized carbons (Fsp3) is 1.00. The number of nitrogens with one attached hydrogen (secondary N) is 1. The quantitative estimate of drug-likeness (QED) is 0.627. The lowest BCUT2D eigenvalue weighted by Crippen LogP contribution is -2.57. The van der Waals surface area contributed by atoms with E-state index in [2.05, 4.69) is 24.1 Å². The Labute approximate surface area is 80.1 Å². The number of hydrogen-bond acceptors (Lipinski definition) is 3. The number of nitrogens with zero attached hydrogens (tertiary/aromatic N) is 1. The van der Waals surface area contributed by atoms with Gasteiger partial charge in [-0.25, -0.2) is 0 Å². The van der Waals surface area contributed by atoms with E-state index in [0.29, 0.717) is 0 Å². The molecular formula is C9H20N2S. The molecule has 12 heavy (non-hydrogen) atoms. The van der Waals surface area contributed by atoms with E-state index in [0.717, 1.165) is 6.04 Å². The molecule has 1 heterocycles. The monoisotopic (exact) mass is 188 g/mol. The maximum Gasteiger partial charge on any atom is 0.0345 e. The van der Waals surface area contributed by atoms with Crippen LogP contribution in [0, 0.1) is 0 Å². The summed E-state index contributed by atoms with van der Waals surface area (Å²) in [7, 11) is 0. The minimum Gasteiger partial charge on any atom is -0.314 e. The van der Waals surface area contributed by atoms with Gasteiger partial charge in [0.25, 0.3) is 0 Å². The second-order valence-electron chi connectivity index (χ2n) is 3.14. The molecule has 1 fully saturated rings. The first-order chi connectivity index (χ1) is 5.88. The molecule has 0 spiro atoms.